The number of nitrogens with zero attached hydrogens (tertiary/aromatic N) is 1. The van der Waals surface area contributed by atoms with Crippen molar-refractivity contribution < 1.29 is 4.79 Å². The van der Waals surface area contributed by atoms with Crippen molar-refractivity contribution in [1.29, 1.82) is 5.26 Å². The first-order valence-electron chi connectivity index (χ1n) is 7.85. The molecule has 1 aliphatic rings. The molecule has 1 N–H and O–H groups in total. The van der Waals surface area contributed by atoms with Crippen molar-refractivity contribution in [3.8, 4) is 6.07 Å². The molecule has 0 atom stereocenters. The molecule has 1 amide bonds. The van der Waals surface area contributed by atoms with Crippen LogP contribution in [0.3, 0.4) is 0 Å². The first-order valence-corrected chi connectivity index (χ1v) is 9.55. The van der Waals surface area contributed by atoms with Gasteiger partial charge < -0.3 is 5.32 Å². The molecule has 0 saturated carbocycles. The molecule has 3 nitrogen and oxygen atoms in total. The van der Waals surface area contributed by atoms with Gasteiger partial charge in [0.2, 0.25) is 5.91 Å². The first kappa shape index (κ1) is 16.0. The van der Waals surface area contributed by atoms with Gasteiger partial charge >= 0.3 is 0 Å². The average molecular weight is 342 g/mol. The van der Waals surface area contributed by atoms with Crippen molar-refractivity contribution in [2.45, 2.75) is 38.5 Å². The molecule has 2 aromatic heterocycles. The highest BCUT2D eigenvalue weighted by Crippen LogP contribution is 2.36. The minimum absolute atomic E-state index is 0.177. The third-order valence-electron chi connectivity index (χ3n) is 3.96. The number of aryl methyl sites for hydroxylation is 1. The third kappa shape index (κ3) is 3.90. The monoisotopic (exact) mass is 342 g/mol. The molecule has 0 bridgehead atoms. The van der Waals surface area contributed by atoms with E-state index in [1.54, 1.807) is 28.7 Å². The minimum atomic E-state index is -0.177. The SMILES string of the molecule is N#Cc1c(NC(=O)C=Cc2cccs2)sc2c1CCCCCC2. The normalized spacial score (nSPS) is 14.7. The molecular weight excluding hydrogens is 324 g/mol. The molecule has 2 heterocycles. The van der Waals surface area contributed by atoms with Gasteiger partial charge in [-0.05, 0) is 48.8 Å². The Balaban J connectivity index is 1.78. The molecule has 0 spiro atoms. The van der Waals surface area contributed by atoms with Crippen LogP contribution >= 0.6 is 22.7 Å². The number of amides is 1. The number of nitriles is 1. The lowest BCUT2D eigenvalue weighted by molar-refractivity contribution is -0.111. The standard InChI is InChI=1S/C18H18N2OS2/c19-12-15-14-7-3-1-2-4-8-16(14)23-18(15)20-17(21)10-9-13-6-5-11-22-13/h5-6,9-11H,1-4,7-8H2,(H,20,21). The Kier molecular flexibility index (Phi) is 5.27. The number of thiophene rings is 2. The largest absolute Gasteiger partial charge is 0.313 e. The van der Waals surface area contributed by atoms with Crippen LogP contribution in [0.2, 0.25) is 0 Å². The second-order valence-corrected chi connectivity index (χ2v) is 7.66. The highest BCUT2D eigenvalue weighted by molar-refractivity contribution is 7.16. The van der Waals surface area contributed by atoms with E-state index < -0.39 is 0 Å². The number of fused-ring (bicyclic) bond motifs is 1. The molecule has 0 unspecified atom stereocenters. The van der Waals surface area contributed by atoms with E-state index in [0.29, 0.717) is 10.6 Å². The van der Waals surface area contributed by atoms with Crippen molar-refractivity contribution in [2.24, 2.45) is 0 Å². The van der Waals surface area contributed by atoms with Gasteiger partial charge in [0.1, 0.15) is 11.1 Å². The molecule has 0 fully saturated rings. The first-order chi connectivity index (χ1) is 11.3. The Hall–Kier alpha value is -1.90. The van der Waals surface area contributed by atoms with Crippen molar-refractivity contribution in [3.63, 3.8) is 0 Å². The van der Waals surface area contributed by atoms with E-state index in [0.717, 1.165) is 29.7 Å². The Morgan fingerprint density at radius 3 is 2.83 bits per heavy atom. The molecule has 1 aliphatic carbocycles. The van der Waals surface area contributed by atoms with Crippen LogP contribution in [0, 0.1) is 11.3 Å². The van der Waals surface area contributed by atoms with Crippen LogP contribution in [-0.2, 0) is 17.6 Å². The number of rotatable bonds is 3. The lowest BCUT2D eigenvalue weighted by Gasteiger charge is -2.08. The molecule has 0 saturated heterocycles. The molecular formula is C18H18N2OS2. The fraction of sp³-hybridized carbons (Fsp3) is 0.333. The van der Waals surface area contributed by atoms with E-state index in [4.69, 9.17) is 0 Å². The molecule has 0 aliphatic heterocycles. The van der Waals surface area contributed by atoms with Crippen LogP contribution in [-0.4, -0.2) is 5.91 Å². The number of carbonyl (C=O) groups excluding carboxylic acids is 1. The quantitative estimate of drug-likeness (QED) is 0.799. The Morgan fingerprint density at radius 1 is 1.26 bits per heavy atom. The molecule has 5 heteroatoms. The average Bonchev–Trinajstić information content (AvgIpc) is 3.13. The fourth-order valence-electron chi connectivity index (χ4n) is 2.82. The Bertz CT molecular complexity index is 751. The summed E-state index contributed by atoms with van der Waals surface area (Å²) in [6.07, 6.45) is 10.1. The van der Waals surface area contributed by atoms with Crippen molar-refractivity contribution >= 4 is 39.7 Å². The molecule has 118 valence electrons. The third-order valence-corrected chi connectivity index (χ3v) is 6.01. The topological polar surface area (TPSA) is 52.9 Å². The molecule has 3 rings (SSSR count). The summed E-state index contributed by atoms with van der Waals surface area (Å²) >= 11 is 3.16. The maximum Gasteiger partial charge on any atom is 0.249 e. The van der Waals surface area contributed by atoms with E-state index in [1.165, 1.54) is 30.2 Å². The summed E-state index contributed by atoms with van der Waals surface area (Å²) in [4.78, 5) is 14.4. The van der Waals surface area contributed by atoms with Gasteiger partial charge in [-0.1, -0.05) is 18.9 Å². The molecule has 0 aromatic carbocycles. The van der Waals surface area contributed by atoms with E-state index in [1.807, 2.05) is 17.5 Å². The summed E-state index contributed by atoms with van der Waals surface area (Å²) in [5.41, 5.74) is 1.83. The number of nitrogens with one attached hydrogen (secondary N) is 1. The summed E-state index contributed by atoms with van der Waals surface area (Å²) in [6, 6.07) is 6.22. The predicted molar refractivity (Wildman–Crippen MR) is 96.9 cm³/mol. The van der Waals surface area contributed by atoms with Gasteiger partial charge in [0, 0.05) is 15.8 Å². The number of anilines is 1. The highest BCUT2D eigenvalue weighted by atomic mass is 32.1. The number of hydrogen-bond donors (Lipinski definition) is 1. The summed E-state index contributed by atoms with van der Waals surface area (Å²) < 4.78 is 0. The maximum absolute atomic E-state index is 12.1. The molecule has 23 heavy (non-hydrogen) atoms. The fourth-order valence-corrected chi connectivity index (χ4v) is 4.68. The zero-order valence-corrected chi connectivity index (χ0v) is 14.4. The lowest BCUT2D eigenvalue weighted by Crippen LogP contribution is -2.07. The van der Waals surface area contributed by atoms with Crippen LogP contribution < -0.4 is 5.32 Å². The highest BCUT2D eigenvalue weighted by Gasteiger charge is 2.19. The van der Waals surface area contributed by atoms with E-state index >= 15 is 0 Å². The minimum Gasteiger partial charge on any atom is -0.313 e. The number of hydrogen-bond acceptors (Lipinski definition) is 4. The summed E-state index contributed by atoms with van der Waals surface area (Å²) in [5.74, 6) is -0.177. The van der Waals surface area contributed by atoms with E-state index in [9.17, 15) is 10.1 Å². The van der Waals surface area contributed by atoms with Gasteiger partial charge in [0.15, 0.2) is 0 Å². The Labute approximate surface area is 144 Å². The predicted octanol–water partition coefficient (Wildman–Crippen LogP) is 4.99. The summed E-state index contributed by atoms with van der Waals surface area (Å²) in [6.45, 7) is 0. The zero-order valence-electron chi connectivity index (χ0n) is 12.8. The van der Waals surface area contributed by atoms with Crippen LogP contribution in [0.4, 0.5) is 5.00 Å². The van der Waals surface area contributed by atoms with E-state index in [2.05, 4.69) is 11.4 Å². The zero-order chi connectivity index (χ0) is 16.1. The van der Waals surface area contributed by atoms with Crippen molar-refractivity contribution in [2.75, 3.05) is 5.32 Å². The molecule has 0 radical (unpaired) electrons. The molecule has 2 aromatic rings. The van der Waals surface area contributed by atoms with Crippen LogP contribution in [0.25, 0.3) is 6.08 Å². The van der Waals surface area contributed by atoms with Gasteiger partial charge in [0.05, 0.1) is 5.56 Å². The Morgan fingerprint density at radius 2 is 2.09 bits per heavy atom. The van der Waals surface area contributed by atoms with Gasteiger partial charge in [0.25, 0.3) is 0 Å². The summed E-state index contributed by atoms with van der Waals surface area (Å²) in [7, 11) is 0. The van der Waals surface area contributed by atoms with Gasteiger partial charge in [-0.3, -0.25) is 4.79 Å². The summed E-state index contributed by atoms with van der Waals surface area (Å²) in [5, 5.41) is 15.1. The van der Waals surface area contributed by atoms with Gasteiger partial charge in [-0.2, -0.15) is 5.26 Å². The second-order valence-electron chi connectivity index (χ2n) is 5.57. The van der Waals surface area contributed by atoms with Crippen LogP contribution in [0.5, 0.6) is 0 Å². The number of carbonyl (C=O) groups is 1. The van der Waals surface area contributed by atoms with Crippen molar-refractivity contribution in [3.05, 3.63) is 44.5 Å². The second kappa shape index (κ2) is 7.58. The van der Waals surface area contributed by atoms with Crippen molar-refractivity contribution in [1.82, 2.24) is 0 Å². The smallest absolute Gasteiger partial charge is 0.249 e. The lowest BCUT2D eigenvalue weighted by atomic mass is 9.97. The maximum atomic E-state index is 12.1. The van der Waals surface area contributed by atoms with Crippen LogP contribution in [0.15, 0.2) is 23.6 Å². The van der Waals surface area contributed by atoms with E-state index in [-0.39, 0.29) is 5.91 Å². The van der Waals surface area contributed by atoms with Gasteiger partial charge in [-0.15, -0.1) is 22.7 Å². The van der Waals surface area contributed by atoms with Crippen LogP contribution in [0.1, 0.15) is 46.6 Å². The van der Waals surface area contributed by atoms with Gasteiger partial charge in [-0.25, -0.2) is 0 Å².